The minimum absolute atomic E-state index is 0.00302. The van der Waals surface area contributed by atoms with Gasteiger partial charge in [-0.05, 0) is 47.9 Å². The lowest BCUT2D eigenvalue weighted by atomic mass is 10.1. The van der Waals surface area contributed by atoms with Crippen LogP contribution in [0.25, 0.3) is 5.69 Å². The first kappa shape index (κ1) is 17.8. The van der Waals surface area contributed by atoms with Crippen LogP contribution in [0.1, 0.15) is 29.8 Å². The van der Waals surface area contributed by atoms with Crippen molar-refractivity contribution in [1.29, 1.82) is 0 Å². The summed E-state index contributed by atoms with van der Waals surface area (Å²) in [5.74, 6) is 0.888. The van der Waals surface area contributed by atoms with Crippen LogP contribution < -0.4 is 4.74 Å². The molecule has 0 saturated carbocycles. The molecule has 0 N–H and O–H groups in total. The molecule has 3 aromatic rings. The van der Waals surface area contributed by atoms with Crippen molar-refractivity contribution in [2.24, 2.45) is 0 Å². The van der Waals surface area contributed by atoms with Gasteiger partial charge in [0, 0.05) is 36.7 Å². The molecule has 0 amide bonds. The summed E-state index contributed by atoms with van der Waals surface area (Å²) in [6.07, 6.45) is 5.36. The summed E-state index contributed by atoms with van der Waals surface area (Å²) in [6.45, 7) is 4.74. The number of hydrogen-bond acceptors (Lipinski definition) is 3. The highest BCUT2D eigenvalue weighted by Gasteiger charge is 2.27. The molecule has 1 aromatic heterocycles. The molecule has 4 rings (SSSR count). The number of ether oxygens (including phenoxy) is 2. The molecule has 0 unspecified atom stereocenters. The average molecular weight is 362 g/mol. The SMILES string of the molecule is CCc1ccc(-n2ccc([C@H]3OCCN3Cc3ccc(OC)cc3)c2)cc1. The third-order valence-electron chi connectivity index (χ3n) is 5.17. The summed E-state index contributed by atoms with van der Waals surface area (Å²) < 4.78 is 13.5. The van der Waals surface area contributed by atoms with E-state index in [4.69, 9.17) is 9.47 Å². The monoisotopic (exact) mass is 362 g/mol. The molecule has 0 aliphatic carbocycles. The van der Waals surface area contributed by atoms with Crippen molar-refractivity contribution >= 4 is 0 Å². The van der Waals surface area contributed by atoms with Crippen molar-refractivity contribution < 1.29 is 9.47 Å². The fraction of sp³-hybridized carbons (Fsp3) is 0.304. The van der Waals surface area contributed by atoms with Crippen molar-refractivity contribution in [3.8, 4) is 11.4 Å². The van der Waals surface area contributed by atoms with Gasteiger partial charge < -0.3 is 14.0 Å². The fourth-order valence-electron chi connectivity index (χ4n) is 3.56. The molecule has 2 heterocycles. The van der Waals surface area contributed by atoms with E-state index in [1.54, 1.807) is 7.11 Å². The van der Waals surface area contributed by atoms with Crippen LogP contribution in [0.2, 0.25) is 0 Å². The van der Waals surface area contributed by atoms with E-state index in [1.165, 1.54) is 22.4 Å². The van der Waals surface area contributed by atoms with E-state index in [-0.39, 0.29) is 6.23 Å². The van der Waals surface area contributed by atoms with Crippen LogP contribution >= 0.6 is 0 Å². The van der Waals surface area contributed by atoms with Gasteiger partial charge in [-0.25, -0.2) is 0 Å². The van der Waals surface area contributed by atoms with Crippen LogP contribution in [0.5, 0.6) is 5.75 Å². The molecule has 0 spiro atoms. The lowest BCUT2D eigenvalue weighted by molar-refractivity contribution is 0.0288. The Labute approximate surface area is 161 Å². The number of aryl methyl sites for hydroxylation is 1. The Hall–Kier alpha value is -2.56. The van der Waals surface area contributed by atoms with Crippen molar-refractivity contribution in [2.45, 2.75) is 26.1 Å². The maximum atomic E-state index is 6.04. The molecule has 0 bridgehead atoms. The van der Waals surface area contributed by atoms with Gasteiger partial charge in [0.1, 0.15) is 12.0 Å². The second-order valence-corrected chi connectivity index (χ2v) is 6.91. The van der Waals surface area contributed by atoms with E-state index in [1.807, 2.05) is 12.1 Å². The Morgan fingerprint density at radius 2 is 1.74 bits per heavy atom. The first-order valence-electron chi connectivity index (χ1n) is 9.52. The number of methoxy groups -OCH3 is 1. The van der Waals surface area contributed by atoms with Gasteiger partial charge in [-0.15, -0.1) is 0 Å². The normalized spacial score (nSPS) is 17.3. The standard InChI is InChI=1S/C23H26N2O2/c1-3-18-4-8-21(9-5-18)24-13-12-20(17-24)23-25(14-15-27-23)16-19-6-10-22(26-2)11-7-19/h4-13,17,23H,3,14-16H2,1-2H3/t23-/m1/s1. The minimum Gasteiger partial charge on any atom is -0.497 e. The molecule has 1 aliphatic rings. The quantitative estimate of drug-likeness (QED) is 0.642. The summed E-state index contributed by atoms with van der Waals surface area (Å²) in [6, 6.07) is 19.2. The van der Waals surface area contributed by atoms with Crippen molar-refractivity contribution in [3.63, 3.8) is 0 Å². The number of aromatic nitrogens is 1. The summed E-state index contributed by atoms with van der Waals surface area (Å²) in [5, 5.41) is 0. The molecule has 1 fully saturated rings. The highest BCUT2D eigenvalue weighted by molar-refractivity contribution is 5.37. The molecule has 4 nitrogen and oxygen atoms in total. The highest BCUT2D eigenvalue weighted by atomic mass is 16.5. The minimum atomic E-state index is 0.00302. The predicted molar refractivity (Wildman–Crippen MR) is 107 cm³/mol. The van der Waals surface area contributed by atoms with Crippen LogP contribution in [0, 0.1) is 0 Å². The van der Waals surface area contributed by atoms with E-state index >= 15 is 0 Å². The van der Waals surface area contributed by atoms with Gasteiger partial charge in [-0.2, -0.15) is 0 Å². The molecular weight excluding hydrogens is 336 g/mol. The second kappa shape index (κ2) is 7.99. The van der Waals surface area contributed by atoms with Gasteiger partial charge in [0.2, 0.25) is 0 Å². The Balaban J connectivity index is 1.49. The Kier molecular flexibility index (Phi) is 5.28. The predicted octanol–water partition coefficient (Wildman–Crippen LogP) is 4.58. The zero-order chi connectivity index (χ0) is 18.6. The van der Waals surface area contributed by atoms with Crippen molar-refractivity contribution in [1.82, 2.24) is 9.47 Å². The van der Waals surface area contributed by atoms with Gasteiger partial charge in [-0.3, -0.25) is 4.90 Å². The van der Waals surface area contributed by atoms with Gasteiger partial charge >= 0.3 is 0 Å². The molecule has 27 heavy (non-hydrogen) atoms. The smallest absolute Gasteiger partial charge is 0.138 e. The maximum Gasteiger partial charge on any atom is 0.138 e. The molecule has 4 heteroatoms. The van der Waals surface area contributed by atoms with E-state index < -0.39 is 0 Å². The van der Waals surface area contributed by atoms with Crippen molar-refractivity contribution in [2.75, 3.05) is 20.3 Å². The second-order valence-electron chi connectivity index (χ2n) is 6.91. The zero-order valence-corrected chi connectivity index (χ0v) is 16.0. The fourth-order valence-corrected chi connectivity index (χ4v) is 3.56. The molecule has 1 saturated heterocycles. The number of nitrogens with zero attached hydrogens (tertiary/aromatic N) is 2. The maximum absolute atomic E-state index is 6.04. The van der Waals surface area contributed by atoms with E-state index in [0.717, 1.165) is 31.9 Å². The molecule has 0 radical (unpaired) electrons. The topological polar surface area (TPSA) is 26.6 Å². The lowest BCUT2D eigenvalue weighted by Crippen LogP contribution is -2.23. The molecule has 2 aromatic carbocycles. The highest BCUT2D eigenvalue weighted by Crippen LogP contribution is 2.29. The van der Waals surface area contributed by atoms with Gasteiger partial charge in [0.15, 0.2) is 0 Å². The number of rotatable bonds is 6. The first-order valence-corrected chi connectivity index (χ1v) is 9.52. The zero-order valence-electron chi connectivity index (χ0n) is 16.0. The number of hydrogen-bond donors (Lipinski definition) is 0. The van der Waals surface area contributed by atoms with E-state index in [2.05, 4.69) is 71.2 Å². The van der Waals surface area contributed by atoms with Crippen molar-refractivity contribution in [3.05, 3.63) is 83.7 Å². The Bertz CT molecular complexity index is 868. The van der Waals surface area contributed by atoms with Crippen LogP contribution in [0.3, 0.4) is 0 Å². The third kappa shape index (κ3) is 3.92. The summed E-state index contributed by atoms with van der Waals surface area (Å²) >= 11 is 0. The van der Waals surface area contributed by atoms with Crippen LogP contribution in [-0.2, 0) is 17.7 Å². The van der Waals surface area contributed by atoms with Crippen LogP contribution in [-0.4, -0.2) is 29.7 Å². The van der Waals surface area contributed by atoms with Gasteiger partial charge in [0.25, 0.3) is 0 Å². The van der Waals surface area contributed by atoms with E-state index in [0.29, 0.717) is 0 Å². The summed E-state index contributed by atoms with van der Waals surface area (Å²) in [7, 11) is 1.69. The molecular formula is C23H26N2O2. The van der Waals surface area contributed by atoms with Crippen LogP contribution in [0.4, 0.5) is 0 Å². The summed E-state index contributed by atoms with van der Waals surface area (Å²) in [4.78, 5) is 2.38. The first-order chi connectivity index (χ1) is 13.3. The molecule has 1 atom stereocenters. The van der Waals surface area contributed by atoms with Crippen LogP contribution in [0.15, 0.2) is 67.0 Å². The summed E-state index contributed by atoms with van der Waals surface area (Å²) in [5.41, 5.74) is 5.00. The Morgan fingerprint density at radius 1 is 1.00 bits per heavy atom. The third-order valence-corrected chi connectivity index (χ3v) is 5.17. The molecule has 1 aliphatic heterocycles. The lowest BCUT2D eigenvalue weighted by Gasteiger charge is -2.22. The van der Waals surface area contributed by atoms with E-state index in [9.17, 15) is 0 Å². The molecule has 140 valence electrons. The number of benzene rings is 2. The average Bonchev–Trinajstić information content (AvgIpc) is 3.38. The van der Waals surface area contributed by atoms with Gasteiger partial charge in [0.05, 0.1) is 13.7 Å². The Morgan fingerprint density at radius 3 is 2.44 bits per heavy atom. The largest absolute Gasteiger partial charge is 0.497 e. The van der Waals surface area contributed by atoms with Gasteiger partial charge in [-0.1, -0.05) is 31.2 Å².